The fourth-order valence-electron chi connectivity index (χ4n) is 2.95. The Bertz CT molecular complexity index is 648. The van der Waals surface area contributed by atoms with Gasteiger partial charge in [-0.1, -0.05) is 43.3 Å². The van der Waals surface area contributed by atoms with Crippen molar-refractivity contribution in [1.29, 1.82) is 0 Å². The van der Waals surface area contributed by atoms with Gasteiger partial charge in [0, 0.05) is 0 Å². The Morgan fingerprint density at radius 1 is 0.952 bits per heavy atom. The first-order valence-corrected chi connectivity index (χ1v) is 7.69. The van der Waals surface area contributed by atoms with Crippen LogP contribution >= 0.6 is 0 Å². The second-order valence-electron chi connectivity index (χ2n) is 5.86. The Kier molecular flexibility index (Phi) is 4.09. The minimum atomic E-state index is 0.250. The number of ether oxygens (including phenoxy) is 1. The van der Waals surface area contributed by atoms with E-state index in [2.05, 4.69) is 62.5 Å². The van der Waals surface area contributed by atoms with Crippen molar-refractivity contribution in [1.82, 2.24) is 5.32 Å². The van der Waals surface area contributed by atoms with Gasteiger partial charge < -0.3 is 10.1 Å². The van der Waals surface area contributed by atoms with Crippen LogP contribution in [0.1, 0.15) is 46.3 Å². The van der Waals surface area contributed by atoms with Crippen LogP contribution in [0.5, 0.6) is 0 Å². The van der Waals surface area contributed by atoms with Crippen LogP contribution < -0.4 is 5.32 Å². The van der Waals surface area contributed by atoms with Crippen LogP contribution in [0, 0.1) is 13.8 Å². The van der Waals surface area contributed by atoms with E-state index in [4.69, 9.17) is 4.74 Å². The Morgan fingerprint density at radius 3 is 2.43 bits per heavy atom. The summed E-state index contributed by atoms with van der Waals surface area (Å²) in [6.45, 7) is 8.95. The lowest BCUT2D eigenvalue weighted by Gasteiger charge is -2.20. The molecule has 0 aliphatic carbocycles. The van der Waals surface area contributed by atoms with Crippen LogP contribution in [0.3, 0.4) is 0 Å². The maximum absolute atomic E-state index is 5.53. The Balaban J connectivity index is 1.99. The van der Waals surface area contributed by atoms with E-state index in [1.54, 1.807) is 0 Å². The number of hydrogen-bond donors (Lipinski definition) is 1. The molecule has 0 bridgehead atoms. The van der Waals surface area contributed by atoms with Gasteiger partial charge in [-0.15, -0.1) is 0 Å². The lowest BCUT2D eigenvalue weighted by molar-refractivity contribution is 0.134. The highest BCUT2D eigenvalue weighted by molar-refractivity contribution is 5.41. The zero-order valence-corrected chi connectivity index (χ0v) is 13.1. The molecule has 1 N–H and O–H groups in total. The summed E-state index contributed by atoms with van der Waals surface area (Å²) in [5.74, 6) is 0. The van der Waals surface area contributed by atoms with Gasteiger partial charge in [0.05, 0.1) is 19.3 Å². The third kappa shape index (κ3) is 2.87. The average molecular weight is 281 g/mol. The van der Waals surface area contributed by atoms with E-state index < -0.39 is 0 Å². The summed E-state index contributed by atoms with van der Waals surface area (Å²) in [6, 6.07) is 13.7. The predicted molar refractivity (Wildman–Crippen MR) is 86.4 cm³/mol. The topological polar surface area (TPSA) is 21.3 Å². The quantitative estimate of drug-likeness (QED) is 0.913. The molecule has 1 unspecified atom stereocenters. The fourth-order valence-corrected chi connectivity index (χ4v) is 2.95. The lowest BCUT2D eigenvalue weighted by Crippen LogP contribution is -2.22. The van der Waals surface area contributed by atoms with Crippen molar-refractivity contribution in [3.8, 4) is 0 Å². The standard InChI is InChI=1S/C19H23NO/c1-4-20-19(15-6-5-13(2)14(3)9-15)16-7-8-17-11-21-12-18(17)10-16/h5-10,19-20H,4,11-12H2,1-3H3. The van der Waals surface area contributed by atoms with Crippen LogP contribution in [-0.2, 0) is 18.0 Å². The number of fused-ring (bicyclic) bond motifs is 1. The van der Waals surface area contributed by atoms with Gasteiger partial charge in [0.2, 0.25) is 0 Å². The number of nitrogens with one attached hydrogen (secondary N) is 1. The highest BCUT2D eigenvalue weighted by atomic mass is 16.5. The average Bonchev–Trinajstić information content (AvgIpc) is 2.95. The first-order valence-electron chi connectivity index (χ1n) is 7.69. The largest absolute Gasteiger partial charge is 0.372 e. The number of aryl methyl sites for hydroxylation is 2. The van der Waals surface area contributed by atoms with Gasteiger partial charge >= 0.3 is 0 Å². The third-order valence-corrected chi connectivity index (χ3v) is 4.35. The molecule has 2 aromatic rings. The molecule has 1 heterocycles. The van der Waals surface area contributed by atoms with Gasteiger partial charge in [0.1, 0.15) is 0 Å². The van der Waals surface area contributed by atoms with Crippen LogP contribution in [0.15, 0.2) is 36.4 Å². The van der Waals surface area contributed by atoms with Gasteiger partial charge in [-0.2, -0.15) is 0 Å². The molecule has 2 nitrogen and oxygen atoms in total. The summed E-state index contributed by atoms with van der Waals surface area (Å²) in [7, 11) is 0. The fraction of sp³-hybridized carbons (Fsp3) is 0.368. The van der Waals surface area contributed by atoms with E-state index in [1.807, 2.05) is 0 Å². The summed E-state index contributed by atoms with van der Waals surface area (Å²) >= 11 is 0. The molecule has 0 spiro atoms. The molecule has 0 aromatic heterocycles. The first-order chi connectivity index (χ1) is 10.2. The molecule has 1 atom stereocenters. The van der Waals surface area contributed by atoms with Gasteiger partial charge in [0.15, 0.2) is 0 Å². The van der Waals surface area contributed by atoms with Crippen molar-refractivity contribution in [2.45, 2.75) is 40.0 Å². The normalized spacial score (nSPS) is 15.0. The van der Waals surface area contributed by atoms with Crippen molar-refractivity contribution < 1.29 is 4.74 Å². The van der Waals surface area contributed by atoms with Crippen molar-refractivity contribution in [3.63, 3.8) is 0 Å². The zero-order chi connectivity index (χ0) is 14.8. The van der Waals surface area contributed by atoms with Crippen LogP contribution in [0.25, 0.3) is 0 Å². The molecule has 1 aliphatic heterocycles. The summed E-state index contributed by atoms with van der Waals surface area (Å²) < 4.78 is 5.53. The van der Waals surface area contributed by atoms with Crippen LogP contribution in [0.4, 0.5) is 0 Å². The number of benzene rings is 2. The van der Waals surface area contributed by atoms with Crippen molar-refractivity contribution >= 4 is 0 Å². The summed E-state index contributed by atoms with van der Waals surface area (Å²) in [5.41, 5.74) is 8.01. The number of rotatable bonds is 4. The molecule has 21 heavy (non-hydrogen) atoms. The molecule has 2 aromatic carbocycles. The van der Waals surface area contributed by atoms with Gasteiger partial charge in [-0.3, -0.25) is 0 Å². The first kappa shape index (κ1) is 14.3. The predicted octanol–water partition coefficient (Wildman–Crippen LogP) is 4.03. The van der Waals surface area contributed by atoms with E-state index in [0.29, 0.717) is 0 Å². The van der Waals surface area contributed by atoms with Crippen LogP contribution in [0.2, 0.25) is 0 Å². The highest BCUT2D eigenvalue weighted by Gasteiger charge is 2.17. The molecule has 110 valence electrons. The van der Waals surface area contributed by atoms with Crippen molar-refractivity contribution in [2.24, 2.45) is 0 Å². The summed E-state index contributed by atoms with van der Waals surface area (Å²) in [5, 5.41) is 3.61. The van der Waals surface area contributed by atoms with Crippen molar-refractivity contribution in [2.75, 3.05) is 6.54 Å². The molecule has 3 rings (SSSR count). The molecule has 0 radical (unpaired) electrons. The van der Waals surface area contributed by atoms with Gasteiger partial charge in [-0.25, -0.2) is 0 Å². The molecular formula is C19H23NO. The Morgan fingerprint density at radius 2 is 1.67 bits per heavy atom. The van der Waals surface area contributed by atoms with Crippen molar-refractivity contribution in [3.05, 3.63) is 69.8 Å². The van der Waals surface area contributed by atoms with E-state index >= 15 is 0 Å². The number of hydrogen-bond acceptors (Lipinski definition) is 2. The van der Waals surface area contributed by atoms with Crippen LogP contribution in [-0.4, -0.2) is 6.54 Å². The molecular weight excluding hydrogens is 258 g/mol. The maximum Gasteiger partial charge on any atom is 0.0725 e. The summed E-state index contributed by atoms with van der Waals surface area (Å²) in [4.78, 5) is 0. The summed E-state index contributed by atoms with van der Waals surface area (Å²) in [6.07, 6.45) is 0. The Labute approximate surface area is 127 Å². The van der Waals surface area contributed by atoms with E-state index in [9.17, 15) is 0 Å². The molecule has 1 aliphatic rings. The second-order valence-corrected chi connectivity index (χ2v) is 5.86. The smallest absolute Gasteiger partial charge is 0.0725 e. The molecule has 2 heteroatoms. The second kappa shape index (κ2) is 6.00. The maximum atomic E-state index is 5.53. The third-order valence-electron chi connectivity index (χ3n) is 4.35. The molecule has 0 fully saturated rings. The molecule has 0 amide bonds. The van der Waals surface area contributed by atoms with Gasteiger partial charge in [-0.05, 0) is 53.8 Å². The minimum Gasteiger partial charge on any atom is -0.372 e. The SMILES string of the molecule is CCNC(c1ccc(C)c(C)c1)c1ccc2c(c1)COC2. The molecule has 0 saturated heterocycles. The van der Waals surface area contributed by atoms with E-state index in [1.165, 1.54) is 33.4 Å². The molecule has 0 saturated carbocycles. The lowest BCUT2D eigenvalue weighted by atomic mass is 9.93. The minimum absolute atomic E-state index is 0.250. The Hall–Kier alpha value is -1.64. The van der Waals surface area contributed by atoms with Gasteiger partial charge in [0.25, 0.3) is 0 Å². The van der Waals surface area contributed by atoms with E-state index in [-0.39, 0.29) is 6.04 Å². The monoisotopic (exact) mass is 281 g/mol. The zero-order valence-electron chi connectivity index (χ0n) is 13.1. The highest BCUT2D eigenvalue weighted by Crippen LogP contribution is 2.28. The van der Waals surface area contributed by atoms with E-state index in [0.717, 1.165) is 19.8 Å².